The van der Waals surface area contributed by atoms with Crippen molar-refractivity contribution in [2.24, 2.45) is 5.92 Å². The maximum atomic E-state index is 13.9. The number of nitrogens with zero attached hydrogens (tertiary/aromatic N) is 1. The molecule has 4 aromatic rings. The van der Waals surface area contributed by atoms with Crippen molar-refractivity contribution in [1.29, 1.82) is 0 Å². The van der Waals surface area contributed by atoms with Crippen molar-refractivity contribution in [2.45, 2.75) is 77.3 Å². The number of carbonyl (C=O) groups excluding carboxylic acids is 4. The maximum Gasteiger partial charge on any atom is 0.412 e. The van der Waals surface area contributed by atoms with Gasteiger partial charge in [-0.2, -0.15) is 0 Å². The van der Waals surface area contributed by atoms with Gasteiger partial charge in [-0.15, -0.1) is 0 Å². The lowest BCUT2D eigenvalue weighted by Gasteiger charge is -2.31. The van der Waals surface area contributed by atoms with Crippen molar-refractivity contribution < 1.29 is 33.8 Å². The number of amides is 4. The van der Waals surface area contributed by atoms with Crippen LogP contribution in [0.5, 0.6) is 0 Å². The molecular formula is C41H49N5O7. The van der Waals surface area contributed by atoms with Crippen LogP contribution in [0.4, 0.5) is 15.3 Å². The van der Waals surface area contributed by atoms with E-state index in [0.717, 1.165) is 11.1 Å². The summed E-state index contributed by atoms with van der Waals surface area (Å²) in [6.07, 6.45) is 0.373. The normalized spacial score (nSPS) is 13.7. The lowest BCUT2D eigenvalue weighted by atomic mass is 9.92. The summed E-state index contributed by atoms with van der Waals surface area (Å²) in [6, 6.07) is 28.6. The van der Waals surface area contributed by atoms with Crippen LogP contribution in [0.15, 0.2) is 109 Å². The molecule has 0 aliphatic rings. The smallest absolute Gasteiger partial charge is 0.412 e. The fourth-order valence-electron chi connectivity index (χ4n) is 5.80. The van der Waals surface area contributed by atoms with Gasteiger partial charge in [0, 0.05) is 12.2 Å². The van der Waals surface area contributed by atoms with Gasteiger partial charge in [0.2, 0.25) is 5.91 Å². The van der Waals surface area contributed by atoms with E-state index >= 15 is 0 Å². The van der Waals surface area contributed by atoms with Crippen molar-refractivity contribution in [3.63, 3.8) is 0 Å². The molecule has 1 aromatic heterocycles. The van der Waals surface area contributed by atoms with E-state index in [1.54, 1.807) is 55.6 Å². The SMILES string of the molecule is CCOC(=O)NC(C(=O)NC(Cc1ccccc1)C(O)CC(Cc1ccccc1)NC(=O)c1ccccc1NC(=O)OCc1ccccn1)C(C)CC. The molecule has 3 aromatic carbocycles. The van der Waals surface area contributed by atoms with Gasteiger partial charge in [-0.25, -0.2) is 9.59 Å². The highest BCUT2D eigenvalue weighted by atomic mass is 16.6. The van der Waals surface area contributed by atoms with Crippen LogP contribution >= 0.6 is 0 Å². The number of pyridine rings is 1. The number of benzene rings is 3. The van der Waals surface area contributed by atoms with Gasteiger partial charge >= 0.3 is 12.2 Å². The number of rotatable bonds is 18. The number of para-hydroxylation sites is 1. The second kappa shape index (κ2) is 20.9. The lowest BCUT2D eigenvalue weighted by Crippen LogP contribution is -2.56. The number of aromatic nitrogens is 1. The third-order valence-corrected chi connectivity index (χ3v) is 8.81. The van der Waals surface area contributed by atoms with E-state index in [-0.39, 0.29) is 36.8 Å². The van der Waals surface area contributed by atoms with E-state index in [1.807, 2.05) is 74.5 Å². The zero-order chi connectivity index (χ0) is 38.0. The van der Waals surface area contributed by atoms with Crippen LogP contribution in [0.2, 0.25) is 0 Å². The summed E-state index contributed by atoms with van der Waals surface area (Å²) in [5, 5.41) is 23.3. The Kier molecular flexibility index (Phi) is 15.8. The Morgan fingerprint density at radius 2 is 1.38 bits per heavy atom. The molecule has 0 saturated carbocycles. The summed E-state index contributed by atoms with van der Waals surface area (Å²) in [4.78, 5) is 56.9. The Morgan fingerprint density at radius 3 is 2.02 bits per heavy atom. The Labute approximate surface area is 310 Å². The van der Waals surface area contributed by atoms with Crippen LogP contribution in [0.1, 0.15) is 60.8 Å². The first kappa shape index (κ1) is 40.0. The molecule has 53 heavy (non-hydrogen) atoms. The Hall–Kier alpha value is -5.75. The zero-order valence-corrected chi connectivity index (χ0v) is 30.4. The van der Waals surface area contributed by atoms with Crippen LogP contribution in [0.25, 0.3) is 0 Å². The van der Waals surface area contributed by atoms with Gasteiger partial charge in [0.15, 0.2) is 0 Å². The second-order valence-electron chi connectivity index (χ2n) is 12.8. The van der Waals surface area contributed by atoms with Crippen molar-refractivity contribution in [3.05, 3.63) is 132 Å². The van der Waals surface area contributed by atoms with Crippen LogP contribution < -0.4 is 21.3 Å². The molecule has 4 rings (SSSR count). The molecular weight excluding hydrogens is 674 g/mol. The molecule has 0 aliphatic carbocycles. The minimum atomic E-state index is -1.12. The van der Waals surface area contributed by atoms with Gasteiger partial charge in [-0.1, -0.05) is 99.1 Å². The third-order valence-electron chi connectivity index (χ3n) is 8.81. The minimum absolute atomic E-state index is 0.0459. The topological polar surface area (TPSA) is 168 Å². The fourth-order valence-corrected chi connectivity index (χ4v) is 5.80. The summed E-state index contributed by atoms with van der Waals surface area (Å²) in [6.45, 7) is 5.57. The monoisotopic (exact) mass is 723 g/mol. The highest BCUT2D eigenvalue weighted by molar-refractivity contribution is 6.02. The average Bonchev–Trinajstić information content (AvgIpc) is 3.17. The number of alkyl carbamates (subject to hydrolysis) is 1. The van der Waals surface area contributed by atoms with E-state index in [9.17, 15) is 24.3 Å². The number of hydrogen-bond donors (Lipinski definition) is 5. The highest BCUT2D eigenvalue weighted by Crippen LogP contribution is 2.19. The van der Waals surface area contributed by atoms with E-state index in [4.69, 9.17) is 9.47 Å². The van der Waals surface area contributed by atoms with Gasteiger partial charge in [0.1, 0.15) is 12.6 Å². The van der Waals surface area contributed by atoms with Crippen molar-refractivity contribution >= 4 is 29.7 Å². The molecule has 5 atom stereocenters. The number of aliphatic hydroxyl groups is 1. The molecule has 12 nitrogen and oxygen atoms in total. The van der Waals surface area contributed by atoms with E-state index in [0.29, 0.717) is 25.0 Å². The standard InChI is InChI=1S/C41H49N5O7/c1-4-28(3)37(46-41(51)52-5-2)39(49)44-35(25-30-18-10-7-11-19-30)36(47)26-32(24-29-16-8-6-9-17-29)43-38(48)33-21-12-13-22-34(33)45-40(50)53-27-31-20-14-15-23-42-31/h6-23,28,32,35-37,47H,4-5,24-27H2,1-3H3,(H,43,48)(H,44,49)(H,45,50)(H,46,51). The minimum Gasteiger partial charge on any atom is -0.450 e. The lowest BCUT2D eigenvalue weighted by molar-refractivity contribution is -0.126. The van der Waals surface area contributed by atoms with Crippen molar-refractivity contribution in [3.8, 4) is 0 Å². The predicted molar refractivity (Wildman–Crippen MR) is 202 cm³/mol. The Morgan fingerprint density at radius 1 is 0.736 bits per heavy atom. The largest absolute Gasteiger partial charge is 0.450 e. The number of hydrogen-bond acceptors (Lipinski definition) is 8. The summed E-state index contributed by atoms with van der Waals surface area (Å²) in [5.74, 6) is -1.15. The van der Waals surface area contributed by atoms with E-state index < -0.39 is 48.2 Å². The molecule has 1 heterocycles. The first-order valence-electron chi connectivity index (χ1n) is 17.9. The van der Waals surface area contributed by atoms with Gasteiger partial charge in [-0.3, -0.25) is 19.9 Å². The predicted octanol–water partition coefficient (Wildman–Crippen LogP) is 5.81. The Bertz CT molecular complexity index is 1740. The van der Waals surface area contributed by atoms with Crippen LogP contribution in [0.3, 0.4) is 0 Å². The molecule has 5 unspecified atom stereocenters. The molecule has 4 amide bonds. The number of carbonyl (C=O) groups is 4. The maximum absolute atomic E-state index is 13.9. The molecule has 0 spiro atoms. The molecule has 5 N–H and O–H groups in total. The summed E-state index contributed by atoms with van der Waals surface area (Å²) in [7, 11) is 0. The first-order chi connectivity index (χ1) is 25.7. The number of ether oxygens (including phenoxy) is 2. The fraction of sp³-hybridized carbons (Fsp3) is 0.341. The van der Waals surface area contributed by atoms with E-state index in [2.05, 4.69) is 26.3 Å². The molecule has 0 fully saturated rings. The highest BCUT2D eigenvalue weighted by Gasteiger charge is 2.32. The third kappa shape index (κ3) is 13.1. The molecule has 12 heteroatoms. The van der Waals surface area contributed by atoms with Crippen LogP contribution in [-0.4, -0.2) is 64.9 Å². The van der Waals surface area contributed by atoms with Gasteiger partial charge in [0.25, 0.3) is 5.91 Å². The van der Waals surface area contributed by atoms with Crippen molar-refractivity contribution in [1.82, 2.24) is 20.9 Å². The zero-order valence-electron chi connectivity index (χ0n) is 30.4. The second-order valence-corrected chi connectivity index (χ2v) is 12.8. The van der Waals surface area contributed by atoms with Crippen LogP contribution in [-0.2, 0) is 33.7 Å². The molecule has 280 valence electrons. The van der Waals surface area contributed by atoms with Gasteiger partial charge in [0.05, 0.1) is 35.7 Å². The summed E-state index contributed by atoms with van der Waals surface area (Å²) < 4.78 is 10.4. The van der Waals surface area contributed by atoms with Crippen molar-refractivity contribution in [2.75, 3.05) is 11.9 Å². The molecule has 0 saturated heterocycles. The van der Waals surface area contributed by atoms with Gasteiger partial charge in [-0.05, 0) is 67.5 Å². The summed E-state index contributed by atoms with van der Waals surface area (Å²) >= 11 is 0. The molecule has 0 bridgehead atoms. The quantitative estimate of drug-likeness (QED) is 0.0858. The number of anilines is 1. The Balaban J connectivity index is 1.54. The number of nitrogens with one attached hydrogen (secondary N) is 4. The molecule has 0 radical (unpaired) electrons. The van der Waals surface area contributed by atoms with Gasteiger partial charge < -0.3 is 30.5 Å². The summed E-state index contributed by atoms with van der Waals surface area (Å²) in [5.41, 5.74) is 2.82. The molecule has 0 aliphatic heterocycles. The van der Waals surface area contributed by atoms with Crippen LogP contribution in [0, 0.1) is 5.92 Å². The average molecular weight is 724 g/mol. The van der Waals surface area contributed by atoms with E-state index in [1.165, 1.54) is 0 Å². The number of aliphatic hydroxyl groups excluding tert-OH is 1. The first-order valence-corrected chi connectivity index (χ1v) is 17.9.